The number of urea groups is 2. The Labute approximate surface area is 141 Å². The van der Waals surface area contributed by atoms with E-state index < -0.39 is 30.0 Å². The lowest BCUT2D eigenvalue weighted by atomic mass is 9.96. The number of nitrogens with two attached hydrogens (primary N) is 1. The number of primary amides is 1. The fourth-order valence-electron chi connectivity index (χ4n) is 2.41. The summed E-state index contributed by atoms with van der Waals surface area (Å²) < 4.78 is 4.64. The molecule has 1 aliphatic rings. The highest BCUT2D eigenvalue weighted by molar-refractivity contribution is 6.21. The molecule has 0 radical (unpaired) electrons. The van der Waals surface area contributed by atoms with Gasteiger partial charge in [0.2, 0.25) is 0 Å². The van der Waals surface area contributed by atoms with E-state index in [-0.39, 0.29) is 11.3 Å². The quantitative estimate of drug-likeness (QED) is 0.451. The number of allylic oxidation sites excluding steroid dienone is 1. The van der Waals surface area contributed by atoms with Crippen LogP contribution in [0.4, 0.5) is 9.59 Å². The van der Waals surface area contributed by atoms with E-state index in [2.05, 4.69) is 10.1 Å². The maximum atomic E-state index is 12.3. The van der Waals surface area contributed by atoms with E-state index in [0.717, 1.165) is 17.7 Å². The molecular formula is C15H24ClN3O4. The molecule has 23 heavy (non-hydrogen) atoms. The predicted molar refractivity (Wildman–Crippen MR) is 87.0 cm³/mol. The fourth-order valence-corrected chi connectivity index (χ4v) is 2.62. The Kier molecular flexibility index (Phi) is 7.35. The van der Waals surface area contributed by atoms with Crippen LogP contribution in [0.3, 0.4) is 0 Å². The zero-order valence-electron chi connectivity index (χ0n) is 13.6. The van der Waals surface area contributed by atoms with Gasteiger partial charge in [-0.05, 0) is 32.6 Å². The normalized spacial score (nSPS) is 22.8. The predicted octanol–water partition coefficient (Wildman–Crippen LogP) is 1.85. The molecule has 0 aromatic heterocycles. The molecule has 8 heteroatoms. The molecule has 0 aromatic rings. The Morgan fingerprint density at radius 1 is 1.35 bits per heavy atom. The lowest BCUT2D eigenvalue weighted by Crippen LogP contribution is -2.54. The van der Waals surface area contributed by atoms with Gasteiger partial charge in [-0.15, -0.1) is 11.6 Å². The van der Waals surface area contributed by atoms with Gasteiger partial charge in [0, 0.05) is 6.54 Å². The number of amides is 4. The molecule has 2 unspecified atom stereocenters. The third kappa shape index (κ3) is 5.42. The molecule has 0 aliphatic heterocycles. The van der Waals surface area contributed by atoms with Gasteiger partial charge in [0.15, 0.2) is 0 Å². The second-order valence-corrected chi connectivity index (χ2v) is 6.25. The highest BCUT2D eigenvalue weighted by Crippen LogP contribution is 2.20. The Morgan fingerprint density at radius 3 is 2.48 bits per heavy atom. The van der Waals surface area contributed by atoms with Crippen LogP contribution in [-0.2, 0) is 9.53 Å². The van der Waals surface area contributed by atoms with E-state index in [4.69, 9.17) is 17.3 Å². The molecule has 130 valence electrons. The summed E-state index contributed by atoms with van der Waals surface area (Å²) in [7, 11) is 1.25. The van der Waals surface area contributed by atoms with Crippen LogP contribution in [0.25, 0.3) is 0 Å². The molecule has 0 fully saturated rings. The maximum Gasteiger partial charge on any atom is 0.325 e. The minimum absolute atomic E-state index is 0.0324. The number of halogens is 1. The van der Waals surface area contributed by atoms with Crippen molar-refractivity contribution in [3.8, 4) is 0 Å². The third-order valence-corrected chi connectivity index (χ3v) is 4.44. The van der Waals surface area contributed by atoms with Crippen molar-refractivity contribution in [1.29, 1.82) is 0 Å². The van der Waals surface area contributed by atoms with Crippen LogP contribution in [0.15, 0.2) is 12.2 Å². The molecule has 0 heterocycles. The first-order chi connectivity index (χ1) is 10.8. The van der Waals surface area contributed by atoms with Crippen LogP contribution in [0.2, 0.25) is 0 Å². The van der Waals surface area contributed by atoms with Gasteiger partial charge in [-0.1, -0.05) is 12.2 Å². The first kappa shape index (κ1) is 19.3. The SMILES string of the molecule is COC(=O)[C@H](C)[C@H](C)N(C(N)=O)C(=O)NCC1C=CC(Cl)CC1. The summed E-state index contributed by atoms with van der Waals surface area (Å²) in [6.07, 6.45) is 5.55. The van der Waals surface area contributed by atoms with Crippen LogP contribution in [-0.4, -0.2) is 48.0 Å². The van der Waals surface area contributed by atoms with Crippen molar-refractivity contribution in [1.82, 2.24) is 10.2 Å². The summed E-state index contributed by atoms with van der Waals surface area (Å²) in [5.41, 5.74) is 5.29. The molecule has 4 atom stereocenters. The molecule has 7 nitrogen and oxygen atoms in total. The molecule has 4 amide bonds. The Morgan fingerprint density at radius 2 is 2.00 bits per heavy atom. The number of nitrogens with one attached hydrogen (secondary N) is 1. The maximum absolute atomic E-state index is 12.3. The summed E-state index contributed by atoms with van der Waals surface area (Å²) >= 11 is 5.97. The van der Waals surface area contributed by atoms with E-state index in [1.165, 1.54) is 7.11 Å². The topological polar surface area (TPSA) is 102 Å². The molecule has 0 saturated carbocycles. The number of esters is 1. The van der Waals surface area contributed by atoms with Crippen molar-refractivity contribution in [2.45, 2.75) is 38.1 Å². The second kappa shape index (κ2) is 8.76. The number of methoxy groups -OCH3 is 1. The van der Waals surface area contributed by atoms with Gasteiger partial charge in [0.1, 0.15) is 0 Å². The van der Waals surface area contributed by atoms with Gasteiger partial charge in [0.05, 0.1) is 24.4 Å². The number of imide groups is 1. The molecule has 1 rings (SSSR count). The number of hydrogen-bond acceptors (Lipinski definition) is 4. The van der Waals surface area contributed by atoms with Crippen LogP contribution >= 0.6 is 11.6 Å². The molecule has 0 saturated heterocycles. The van der Waals surface area contributed by atoms with E-state index in [0.29, 0.717) is 6.54 Å². The van der Waals surface area contributed by atoms with Gasteiger partial charge in [-0.2, -0.15) is 0 Å². The van der Waals surface area contributed by atoms with Crippen molar-refractivity contribution < 1.29 is 19.1 Å². The average Bonchev–Trinajstić information content (AvgIpc) is 2.52. The highest BCUT2D eigenvalue weighted by atomic mass is 35.5. The minimum Gasteiger partial charge on any atom is -0.469 e. The van der Waals surface area contributed by atoms with Gasteiger partial charge < -0.3 is 15.8 Å². The minimum atomic E-state index is -0.911. The largest absolute Gasteiger partial charge is 0.469 e. The Bertz CT molecular complexity index is 483. The lowest BCUT2D eigenvalue weighted by molar-refractivity contribution is -0.146. The summed E-state index contributed by atoms with van der Waals surface area (Å²) in [6.45, 7) is 3.52. The second-order valence-electron chi connectivity index (χ2n) is 5.69. The lowest BCUT2D eigenvalue weighted by Gasteiger charge is -2.29. The van der Waals surface area contributed by atoms with E-state index in [1.807, 2.05) is 12.2 Å². The number of carbonyl (C=O) groups is 3. The average molecular weight is 346 g/mol. The van der Waals surface area contributed by atoms with Crippen molar-refractivity contribution in [2.24, 2.45) is 17.6 Å². The number of carbonyl (C=O) groups excluding carboxylic acids is 3. The Balaban J connectivity index is 2.66. The molecule has 3 N–H and O–H groups in total. The zero-order chi connectivity index (χ0) is 17.6. The fraction of sp³-hybridized carbons (Fsp3) is 0.667. The van der Waals surface area contributed by atoms with Crippen molar-refractivity contribution in [2.75, 3.05) is 13.7 Å². The summed E-state index contributed by atoms with van der Waals surface area (Å²) in [4.78, 5) is 36.3. The van der Waals surface area contributed by atoms with Gasteiger partial charge >= 0.3 is 18.0 Å². The summed E-state index contributed by atoms with van der Waals surface area (Å²) in [5.74, 6) is -1.03. The van der Waals surface area contributed by atoms with Crippen molar-refractivity contribution in [3.63, 3.8) is 0 Å². The number of hydrogen-bond donors (Lipinski definition) is 2. The van der Waals surface area contributed by atoms with Gasteiger partial charge in [0.25, 0.3) is 0 Å². The molecule has 1 aliphatic carbocycles. The van der Waals surface area contributed by atoms with E-state index in [9.17, 15) is 14.4 Å². The third-order valence-electron chi connectivity index (χ3n) is 4.08. The Hall–Kier alpha value is -1.76. The van der Waals surface area contributed by atoms with Crippen molar-refractivity contribution in [3.05, 3.63) is 12.2 Å². The number of alkyl halides is 1. The van der Waals surface area contributed by atoms with Gasteiger partial charge in [-0.3, -0.25) is 4.79 Å². The van der Waals surface area contributed by atoms with Crippen LogP contribution in [0, 0.1) is 11.8 Å². The van der Waals surface area contributed by atoms with Crippen molar-refractivity contribution >= 4 is 29.6 Å². The smallest absolute Gasteiger partial charge is 0.325 e. The van der Waals surface area contributed by atoms with E-state index in [1.54, 1.807) is 13.8 Å². The monoisotopic (exact) mass is 345 g/mol. The standard InChI is InChI=1S/C15H24ClN3O4/c1-9(13(20)23-3)10(2)19(14(17)21)15(22)18-8-11-4-6-12(16)7-5-11/h4,6,9-12H,5,7-8H2,1-3H3,(H2,17,21)(H,18,22)/t9-,10+,11?,12?/m1/s1. The van der Waals surface area contributed by atoms with E-state index >= 15 is 0 Å². The van der Waals surface area contributed by atoms with Crippen LogP contribution in [0.1, 0.15) is 26.7 Å². The van der Waals surface area contributed by atoms with Gasteiger partial charge in [-0.25, -0.2) is 14.5 Å². The number of nitrogens with zero attached hydrogens (tertiary/aromatic N) is 1. The first-order valence-corrected chi connectivity index (χ1v) is 7.98. The molecule has 0 spiro atoms. The summed E-state index contributed by atoms with van der Waals surface area (Å²) in [5, 5.41) is 2.71. The zero-order valence-corrected chi connectivity index (χ0v) is 14.4. The number of ether oxygens (including phenoxy) is 1. The van der Waals surface area contributed by atoms with Crippen LogP contribution < -0.4 is 11.1 Å². The van der Waals surface area contributed by atoms with Crippen LogP contribution in [0.5, 0.6) is 0 Å². The molecular weight excluding hydrogens is 322 g/mol. The first-order valence-electron chi connectivity index (χ1n) is 7.54. The summed E-state index contributed by atoms with van der Waals surface area (Å²) in [6, 6.07) is -2.25. The number of rotatable bonds is 5. The molecule has 0 aromatic carbocycles. The highest BCUT2D eigenvalue weighted by Gasteiger charge is 2.33. The molecule has 0 bridgehead atoms.